The molecule has 0 radical (unpaired) electrons. The SMILES string of the molecule is C=CCOCc1cc(Cl)c(CO[Si](C(C)C)(C(C)C)C(C)C)cc1Br. The molecule has 1 rings (SSSR count). The molecular formula is C20H32BrClO2Si. The zero-order valence-electron chi connectivity index (χ0n) is 16.4. The Hall–Kier alpha value is -0.133. The Bertz CT molecular complexity index is 551. The molecule has 1 aromatic rings. The Morgan fingerprint density at radius 3 is 2.08 bits per heavy atom. The minimum atomic E-state index is -1.90. The van der Waals surface area contributed by atoms with Crippen LogP contribution in [-0.4, -0.2) is 14.9 Å². The second-order valence-corrected chi connectivity index (χ2v) is 14.2. The Morgan fingerprint density at radius 1 is 1.04 bits per heavy atom. The summed E-state index contributed by atoms with van der Waals surface area (Å²) in [7, 11) is -1.90. The summed E-state index contributed by atoms with van der Waals surface area (Å²) in [6.45, 7) is 19.0. The zero-order valence-corrected chi connectivity index (χ0v) is 19.7. The van der Waals surface area contributed by atoms with Gasteiger partial charge in [0.25, 0.3) is 0 Å². The maximum atomic E-state index is 6.66. The molecule has 0 aromatic heterocycles. The number of ether oxygens (including phenoxy) is 1. The predicted octanol–water partition coefficient (Wildman–Crippen LogP) is 7.50. The fourth-order valence-electron chi connectivity index (χ4n) is 3.81. The second-order valence-electron chi connectivity index (χ2n) is 7.45. The minimum Gasteiger partial charge on any atom is -0.412 e. The Kier molecular flexibility index (Phi) is 9.41. The number of hydrogen-bond acceptors (Lipinski definition) is 2. The van der Waals surface area contributed by atoms with Gasteiger partial charge in [-0.05, 0) is 39.9 Å². The molecule has 0 fully saturated rings. The van der Waals surface area contributed by atoms with Crippen molar-refractivity contribution in [2.75, 3.05) is 6.61 Å². The third kappa shape index (κ3) is 5.67. The quantitative estimate of drug-likeness (QED) is 0.210. The molecule has 25 heavy (non-hydrogen) atoms. The van der Waals surface area contributed by atoms with Gasteiger partial charge in [0.1, 0.15) is 0 Å². The molecular weight excluding hydrogens is 416 g/mol. The van der Waals surface area contributed by atoms with Crippen molar-refractivity contribution >= 4 is 35.8 Å². The van der Waals surface area contributed by atoms with Gasteiger partial charge < -0.3 is 9.16 Å². The molecule has 142 valence electrons. The summed E-state index contributed by atoms with van der Waals surface area (Å²) in [5, 5.41) is 0.736. The standard InChI is InChI=1S/C20H32BrClO2Si/c1-8-9-23-12-17-11-20(22)18(10-19(17)21)13-24-25(14(2)3,15(4)5)16(6)7/h8,10-11,14-16H,1,9,12-13H2,2-7H3. The van der Waals surface area contributed by atoms with E-state index in [9.17, 15) is 0 Å². The Labute approximate surface area is 168 Å². The van der Waals surface area contributed by atoms with E-state index in [1.165, 1.54) is 0 Å². The summed E-state index contributed by atoms with van der Waals surface area (Å²) in [5.41, 5.74) is 3.74. The first-order chi connectivity index (χ1) is 11.7. The molecule has 0 aliphatic heterocycles. The Morgan fingerprint density at radius 2 is 1.60 bits per heavy atom. The van der Waals surface area contributed by atoms with E-state index >= 15 is 0 Å². The molecule has 0 heterocycles. The van der Waals surface area contributed by atoms with Gasteiger partial charge >= 0.3 is 0 Å². The van der Waals surface area contributed by atoms with E-state index in [4.69, 9.17) is 20.8 Å². The maximum Gasteiger partial charge on any atom is 0.200 e. The van der Waals surface area contributed by atoms with Crippen LogP contribution in [-0.2, 0) is 22.4 Å². The van der Waals surface area contributed by atoms with E-state index in [2.05, 4.69) is 70.1 Å². The molecule has 0 saturated carbocycles. The van der Waals surface area contributed by atoms with Gasteiger partial charge in [0.05, 0.1) is 19.8 Å². The van der Waals surface area contributed by atoms with Crippen LogP contribution in [0.1, 0.15) is 52.7 Å². The molecule has 0 bridgehead atoms. The van der Waals surface area contributed by atoms with Crippen LogP contribution in [0.2, 0.25) is 21.6 Å². The van der Waals surface area contributed by atoms with E-state index < -0.39 is 8.32 Å². The van der Waals surface area contributed by atoms with E-state index in [1.54, 1.807) is 6.08 Å². The average Bonchev–Trinajstić information content (AvgIpc) is 2.51. The molecule has 0 amide bonds. The molecule has 0 aliphatic rings. The fraction of sp³-hybridized carbons (Fsp3) is 0.600. The third-order valence-electron chi connectivity index (χ3n) is 4.89. The van der Waals surface area contributed by atoms with E-state index in [1.807, 2.05) is 6.07 Å². The second kappa shape index (κ2) is 10.3. The van der Waals surface area contributed by atoms with Crippen molar-refractivity contribution in [2.24, 2.45) is 0 Å². The summed E-state index contributed by atoms with van der Waals surface area (Å²) in [5.74, 6) is 0. The average molecular weight is 448 g/mol. The van der Waals surface area contributed by atoms with Crippen molar-refractivity contribution in [3.05, 3.63) is 45.4 Å². The minimum absolute atomic E-state index is 0.510. The monoisotopic (exact) mass is 446 g/mol. The number of halogens is 2. The Balaban J connectivity index is 2.98. The van der Waals surface area contributed by atoms with Gasteiger partial charge in [0.2, 0.25) is 8.32 Å². The largest absolute Gasteiger partial charge is 0.412 e. The van der Waals surface area contributed by atoms with Crippen LogP contribution in [0.15, 0.2) is 29.3 Å². The molecule has 0 unspecified atom stereocenters. The van der Waals surface area contributed by atoms with Crippen molar-refractivity contribution in [3.63, 3.8) is 0 Å². The molecule has 0 saturated heterocycles. The fourth-order valence-corrected chi connectivity index (χ4v) is 9.96. The molecule has 0 aliphatic carbocycles. The van der Waals surface area contributed by atoms with Crippen LogP contribution in [0.25, 0.3) is 0 Å². The van der Waals surface area contributed by atoms with Crippen LogP contribution in [0.3, 0.4) is 0 Å². The van der Waals surface area contributed by atoms with Crippen molar-refractivity contribution in [2.45, 2.75) is 71.4 Å². The van der Waals surface area contributed by atoms with E-state index in [-0.39, 0.29) is 0 Å². The highest BCUT2D eigenvalue weighted by Gasteiger charge is 2.45. The number of rotatable bonds is 10. The maximum absolute atomic E-state index is 6.66. The molecule has 0 N–H and O–H groups in total. The van der Waals surface area contributed by atoms with Gasteiger partial charge in [-0.2, -0.15) is 0 Å². The molecule has 1 aromatic carbocycles. The summed E-state index contributed by atoms with van der Waals surface area (Å²) in [6.07, 6.45) is 1.74. The summed E-state index contributed by atoms with van der Waals surface area (Å²) in [6, 6.07) is 4.03. The van der Waals surface area contributed by atoms with Crippen molar-refractivity contribution in [1.82, 2.24) is 0 Å². The van der Waals surface area contributed by atoms with Crippen molar-refractivity contribution < 1.29 is 9.16 Å². The van der Waals surface area contributed by atoms with Crippen LogP contribution < -0.4 is 0 Å². The van der Waals surface area contributed by atoms with Gasteiger partial charge in [-0.1, -0.05) is 75.1 Å². The van der Waals surface area contributed by atoms with Crippen LogP contribution in [0, 0.1) is 0 Å². The lowest BCUT2D eigenvalue weighted by Crippen LogP contribution is -2.47. The van der Waals surface area contributed by atoms with E-state index in [0.29, 0.717) is 36.4 Å². The lowest BCUT2D eigenvalue weighted by Gasteiger charge is -2.42. The molecule has 5 heteroatoms. The van der Waals surface area contributed by atoms with Crippen molar-refractivity contribution in [3.8, 4) is 0 Å². The van der Waals surface area contributed by atoms with Crippen LogP contribution in [0.5, 0.6) is 0 Å². The first kappa shape index (κ1) is 22.9. The van der Waals surface area contributed by atoms with Crippen molar-refractivity contribution in [1.29, 1.82) is 0 Å². The van der Waals surface area contributed by atoms with E-state index in [0.717, 1.165) is 20.6 Å². The lowest BCUT2D eigenvalue weighted by molar-refractivity contribution is 0.148. The predicted molar refractivity (Wildman–Crippen MR) is 115 cm³/mol. The summed E-state index contributed by atoms with van der Waals surface area (Å²) in [4.78, 5) is 0. The summed E-state index contributed by atoms with van der Waals surface area (Å²) < 4.78 is 13.2. The van der Waals surface area contributed by atoms with Gasteiger partial charge in [-0.15, -0.1) is 6.58 Å². The lowest BCUT2D eigenvalue weighted by atomic mass is 10.1. The van der Waals surface area contributed by atoms with Crippen LogP contribution >= 0.6 is 27.5 Å². The molecule has 0 atom stereocenters. The molecule has 0 spiro atoms. The topological polar surface area (TPSA) is 18.5 Å². The zero-order chi connectivity index (χ0) is 19.2. The first-order valence-electron chi connectivity index (χ1n) is 8.96. The molecule has 2 nitrogen and oxygen atoms in total. The smallest absolute Gasteiger partial charge is 0.200 e. The number of benzene rings is 1. The highest BCUT2D eigenvalue weighted by molar-refractivity contribution is 9.10. The highest BCUT2D eigenvalue weighted by atomic mass is 79.9. The normalized spacial score (nSPS) is 12.4. The van der Waals surface area contributed by atoms with Gasteiger partial charge in [-0.25, -0.2) is 0 Å². The van der Waals surface area contributed by atoms with Crippen LogP contribution in [0.4, 0.5) is 0 Å². The highest BCUT2D eigenvalue weighted by Crippen LogP contribution is 2.43. The first-order valence-corrected chi connectivity index (χ1v) is 12.3. The number of hydrogen-bond donors (Lipinski definition) is 0. The summed E-state index contributed by atoms with van der Waals surface area (Å²) >= 11 is 10.2. The van der Waals surface area contributed by atoms with Gasteiger partial charge in [-0.3, -0.25) is 0 Å². The third-order valence-corrected chi connectivity index (χ3v) is 12.0. The van der Waals surface area contributed by atoms with Gasteiger partial charge in [0, 0.05) is 9.50 Å². The van der Waals surface area contributed by atoms with Gasteiger partial charge in [0.15, 0.2) is 0 Å².